The molecule has 0 saturated carbocycles. The first-order valence-electron chi connectivity index (χ1n) is 10.5. The van der Waals surface area contributed by atoms with E-state index < -0.39 is 32.4 Å². The van der Waals surface area contributed by atoms with Gasteiger partial charge in [0, 0.05) is 19.0 Å². The number of carbonyl (C=O) groups excluding carboxylic acids is 1. The van der Waals surface area contributed by atoms with Gasteiger partial charge in [-0.2, -0.15) is 0 Å². The van der Waals surface area contributed by atoms with Crippen LogP contribution in [-0.2, 0) is 15.6 Å². The molecule has 30 heavy (non-hydrogen) atoms. The molecule has 1 aromatic carbocycles. The van der Waals surface area contributed by atoms with E-state index in [1.807, 2.05) is 30.3 Å². The molecule has 1 fully saturated rings. The Morgan fingerprint density at radius 1 is 1.33 bits per heavy atom. The highest BCUT2D eigenvalue weighted by atomic mass is 28.4. The lowest BCUT2D eigenvalue weighted by Crippen LogP contribution is -2.62. The molecule has 0 radical (unpaired) electrons. The molecule has 7 nitrogen and oxygen atoms in total. The van der Waals surface area contributed by atoms with Gasteiger partial charge >= 0.3 is 6.03 Å². The first kappa shape index (κ1) is 23.0. The summed E-state index contributed by atoms with van der Waals surface area (Å²) in [6.45, 7) is 11.2. The minimum atomic E-state index is -1.95. The van der Waals surface area contributed by atoms with Gasteiger partial charge in [0.15, 0.2) is 8.32 Å². The lowest BCUT2D eigenvalue weighted by molar-refractivity contribution is -0.0525. The van der Waals surface area contributed by atoms with E-state index in [-0.39, 0.29) is 11.1 Å². The number of amides is 2. The van der Waals surface area contributed by atoms with Crippen LogP contribution in [0.2, 0.25) is 18.1 Å². The van der Waals surface area contributed by atoms with Crippen LogP contribution in [0.4, 0.5) is 4.79 Å². The zero-order chi connectivity index (χ0) is 22.2. The van der Waals surface area contributed by atoms with Crippen LogP contribution in [0.25, 0.3) is 0 Å². The summed E-state index contributed by atoms with van der Waals surface area (Å²) in [5, 5.41) is 13.4. The Morgan fingerprint density at radius 3 is 2.60 bits per heavy atom. The molecule has 2 aliphatic rings. The second-order valence-electron chi connectivity index (χ2n) is 9.86. The Kier molecular flexibility index (Phi) is 6.45. The van der Waals surface area contributed by atoms with Crippen LogP contribution in [0.15, 0.2) is 42.6 Å². The molecule has 0 aliphatic carbocycles. The maximum absolute atomic E-state index is 12.7. The molecule has 1 unspecified atom stereocenters. The van der Waals surface area contributed by atoms with Crippen LogP contribution in [0, 0.1) is 0 Å². The summed E-state index contributed by atoms with van der Waals surface area (Å²) in [6.07, 6.45) is 2.56. The standard InChI is InChI=1S/C22H35N3O4Si/c1-21(2,3)30(4,5)28-15-18-17(26)13-19(29-18)25-12-11-22(23,24-20(25)27)14-16-9-7-6-8-10-16/h6-12,17-19,26H,13-15,23H2,1-5H3,(H,24,27)/t17-,18+,19+,22?/m0/s1. The van der Waals surface area contributed by atoms with Crippen LogP contribution in [0.5, 0.6) is 0 Å². The molecule has 1 saturated heterocycles. The number of hydrogen-bond donors (Lipinski definition) is 3. The van der Waals surface area contributed by atoms with Crippen LogP contribution in [0.3, 0.4) is 0 Å². The molecular formula is C22H35N3O4Si. The topological polar surface area (TPSA) is 97.0 Å². The fourth-order valence-electron chi connectivity index (χ4n) is 3.39. The molecule has 2 heterocycles. The number of nitrogens with two attached hydrogens (primary N) is 1. The number of carbonyl (C=O) groups is 1. The summed E-state index contributed by atoms with van der Waals surface area (Å²) >= 11 is 0. The summed E-state index contributed by atoms with van der Waals surface area (Å²) in [7, 11) is -1.95. The molecule has 4 atom stereocenters. The van der Waals surface area contributed by atoms with Crippen LogP contribution < -0.4 is 11.1 Å². The minimum absolute atomic E-state index is 0.0780. The maximum atomic E-state index is 12.7. The second-order valence-corrected chi connectivity index (χ2v) is 14.7. The molecule has 1 aromatic rings. The number of rotatable bonds is 6. The molecule has 2 amide bonds. The lowest BCUT2D eigenvalue weighted by atomic mass is 9.99. The summed E-state index contributed by atoms with van der Waals surface area (Å²) < 4.78 is 12.2. The molecule has 0 aromatic heterocycles. The van der Waals surface area contributed by atoms with E-state index in [1.165, 1.54) is 4.90 Å². The Labute approximate surface area is 180 Å². The monoisotopic (exact) mass is 433 g/mol. The number of nitrogens with one attached hydrogen (secondary N) is 1. The molecular weight excluding hydrogens is 398 g/mol. The van der Waals surface area contributed by atoms with Crippen molar-refractivity contribution in [3.63, 3.8) is 0 Å². The Hall–Kier alpha value is -1.71. The van der Waals surface area contributed by atoms with Crippen molar-refractivity contribution < 1.29 is 19.1 Å². The first-order valence-corrected chi connectivity index (χ1v) is 13.4. The Morgan fingerprint density at radius 2 is 2.00 bits per heavy atom. The Balaban J connectivity index is 1.61. The highest BCUT2D eigenvalue weighted by Gasteiger charge is 2.43. The normalized spacial score (nSPS) is 29.9. The van der Waals surface area contributed by atoms with Crippen molar-refractivity contribution in [3.05, 3.63) is 48.2 Å². The lowest BCUT2D eigenvalue weighted by Gasteiger charge is -2.38. The average Bonchev–Trinajstić information content (AvgIpc) is 3.00. The number of nitrogens with zero attached hydrogens (tertiary/aromatic N) is 1. The number of hydrogen-bond acceptors (Lipinski definition) is 5. The van der Waals surface area contributed by atoms with E-state index in [9.17, 15) is 9.90 Å². The van der Waals surface area contributed by atoms with E-state index in [0.29, 0.717) is 19.4 Å². The molecule has 0 spiro atoms. The van der Waals surface area contributed by atoms with Crippen molar-refractivity contribution >= 4 is 14.3 Å². The van der Waals surface area contributed by atoms with Crippen molar-refractivity contribution in [2.45, 2.75) is 75.8 Å². The highest BCUT2D eigenvalue weighted by molar-refractivity contribution is 6.74. The van der Waals surface area contributed by atoms with E-state index in [0.717, 1.165) is 5.56 Å². The zero-order valence-electron chi connectivity index (χ0n) is 18.6. The number of urea groups is 1. The van der Waals surface area contributed by atoms with Gasteiger partial charge in [-0.15, -0.1) is 0 Å². The van der Waals surface area contributed by atoms with Gasteiger partial charge in [-0.25, -0.2) is 4.79 Å². The fraction of sp³-hybridized carbons (Fsp3) is 0.591. The smallest absolute Gasteiger partial charge is 0.325 e. The number of ether oxygens (including phenoxy) is 1. The van der Waals surface area contributed by atoms with E-state index >= 15 is 0 Å². The predicted octanol–water partition coefficient (Wildman–Crippen LogP) is 2.92. The summed E-state index contributed by atoms with van der Waals surface area (Å²) in [5.74, 6) is 0. The van der Waals surface area contributed by atoms with Gasteiger partial charge in [-0.05, 0) is 29.8 Å². The number of benzene rings is 1. The minimum Gasteiger partial charge on any atom is -0.414 e. The molecule has 2 aliphatic heterocycles. The number of aliphatic hydroxyl groups is 1. The van der Waals surface area contributed by atoms with E-state index in [4.69, 9.17) is 14.9 Å². The second kappa shape index (κ2) is 8.43. The van der Waals surface area contributed by atoms with E-state index in [1.54, 1.807) is 12.3 Å². The molecule has 166 valence electrons. The van der Waals surface area contributed by atoms with Crippen molar-refractivity contribution in [2.24, 2.45) is 5.73 Å². The van der Waals surface area contributed by atoms with Crippen molar-refractivity contribution in [3.8, 4) is 0 Å². The molecule has 3 rings (SSSR count). The van der Waals surface area contributed by atoms with Crippen LogP contribution in [-0.4, -0.2) is 55.1 Å². The highest BCUT2D eigenvalue weighted by Crippen LogP contribution is 2.37. The zero-order valence-corrected chi connectivity index (χ0v) is 19.6. The first-order chi connectivity index (χ1) is 13.9. The van der Waals surface area contributed by atoms with Crippen molar-refractivity contribution in [1.29, 1.82) is 0 Å². The van der Waals surface area contributed by atoms with Gasteiger partial charge < -0.3 is 25.3 Å². The van der Waals surface area contributed by atoms with Gasteiger partial charge in [-0.3, -0.25) is 4.90 Å². The van der Waals surface area contributed by atoms with Gasteiger partial charge in [0.05, 0.1) is 12.7 Å². The Bertz CT molecular complexity index is 780. The van der Waals surface area contributed by atoms with Gasteiger partial charge in [-0.1, -0.05) is 51.1 Å². The molecule has 0 bridgehead atoms. The quantitative estimate of drug-likeness (QED) is 0.600. The largest absolute Gasteiger partial charge is 0.414 e. The third-order valence-electron chi connectivity index (χ3n) is 6.38. The van der Waals surface area contributed by atoms with E-state index in [2.05, 4.69) is 39.2 Å². The summed E-state index contributed by atoms with van der Waals surface area (Å²) in [5.41, 5.74) is 6.46. The molecule has 8 heteroatoms. The average molecular weight is 434 g/mol. The summed E-state index contributed by atoms with van der Waals surface area (Å²) in [4.78, 5) is 14.2. The third kappa shape index (κ3) is 5.12. The van der Waals surface area contributed by atoms with Gasteiger partial charge in [0.2, 0.25) is 0 Å². The van der Waals surface area contributed by atoms with Crippen LogP contribution >= 0.6 is 0 Å². The summed E-state index contributed by atoms with van der Waals surface area (Å²) in [6, 6.07) is 9.45. The predicted molar refractivity (Wildman–Crippen MR) is 119 cm³/mol. The van der Waals surface area contributed by atoms with Gasteiger partial charge in [0.1, 0.15) is 18.0 Å². The number of aliphatic hydroxyl groups excluding tert-OH is 1. The fourth-order valence-corrected chi connectivity index (χ4v) is 4.41. The van der Waals surface area contributed by atoms with Crippen molar-refractivity contribution in [2.75, 3.05) is 6.61 Å². The van der Waals surface area contributed by atoms with Gasteiger partial charge in [0.25, 0.3) is 0 Å². The van der Waals surface area contributed by atoms with Crippen LogP contribution in [0.1, 0.15) is 32.8 Å². The SMILES string of the molecule is CC(C)(C)[Si](C)(C)OC[C@H]1O[C@@H](N2C=CC(N)(Cc3ccccc3)NC2=O)C[C@@H]1O. The maximum Gasteiger partial charge on any atom is 0.325 e. The molecule has 4 N–H and O–H groups in total. The van der Waals surface area contributed by atoms with Crippen molar-refractivity contribution in [1.82, 2.24) is 10.2 Å². The third-order valence-corrected chi connectivity index (χ3v) is 10.9.